The van der Waals surface area contributed by atoms with Crippen LogP contribution in [-0.4, -0.2) is 31.4 Å². The van der Waals surface area contributed by atoms with E-state index >= 15 is 0 Å². The SMILES string of the molecule is CCCC(=O)NCC(=O)Nc1ccc(C(=O)OC)cc1. The van der Waals surface area contributed by atoms with E-state index in [9.17, 15) is 14.4 Å². The molecule has 1 aromatic carbocycles. The summed E-state index contributed by atoms with van der Waals surface area (Å²) in [5.41, 5.74) is 0.953. The fourth-order valence-electron chi connectivity index (χ4n) is 1.51. The zero-order valence-corrected chi connectivity index (χ0v) is 11.6. The summed E-state index contributed by atoms with van der Waals surface area (Å²) in [6.07, 6.45) is 1.14. The lowest BCUT2D eigenvalue weighted by Crippen LogP contribution is -2.32. The number of hydrogen-bond donors (Lipinski definition) is 2. The molecular weight excluding hydrogens is 260 g/mol. The number of carbonyl (C=O) groups excluding carboxylic acids is 3. The van der Waals surface area contributed by atoms with Gasteiger partial charge >= 0.3 is 5.97 Å². The summed E-state index contributed by atoms with van der Waals surface area (Å²) < 4.78 is 4.57. The summed E-state index contributed by atoms with van der Waals surface area (Å²) >= 11 is 0. The number of nitrogens with one attached hydrogen (secondary N) is 2. The van der Waals surface area contributed by atoms with E-state index in [4.69, 9.17) is 0 Å². The van der Waals surface area contributed by atoms with Crippen LogP contribution >= 0.6 is 0 Å². The minimum Gasteiger partial charge on any atom is -0.465 e. The first-order valence-electron chi connectivity index (χ1n) is 6.31. The molecular formula is C14H18N2O4. The number of amides is 2. The average molecular weight is 278 g/mol. The smallest absolute Gasteiger partial charge is 0.337 e. The largest absolute Gasteiger partial charge is 0.465 e. The molecule has 20 heavy (non-hydrogen) atoms. The molecule has 2 N–H and O–H groups in total. The van der Waals surface area contributed by atoms with Crippen molar-refractivity contribution in [1.82, 2.24) is 5.32 Å². The highest BCUT2D eigenvalue weighted by atomic mass is 16.5. The Kier molecular flexibility index (Phi) is 6.22. The molecule has 2 amide bonds. The molecule has 108 valence electrons. The maximum absolute atomic E-state index is 11.6. The molecule has 0 fully saturated rings. The van der Waals surface area contributed by atoms with E-state index in [0.717, 1.165) is 6.42 Å². The molecule has 0 saturated carbocycles. The maximum Gasteiger partial charge on any atom is 0.337 e. The number of rotatable bonds is 6. The Balaban J connectivity index is 2.46. The van der Waals surface area contributed by atoms with Gasteiger partial charge in [0.1, 0.15) is 0 Å². The van der Waals surface area contributed by atoms with Gasteiger partial charge in [-0.2, -0.15) is 0 Å². The number of ether oxygens (including phenoxy) is 1. The van der Waals surface area contributed by atoms with Gasteiger partial charge in [-0.3, -0.25) is 9.59 Å². The van der Waals surface area contributed by atoms with E-state index in [1.165, 1.54) is 7.11 Å². The second-order valence-electron chi connectivity index (χ2n) is 4.14. The van der Waals surface area contributed by atoms with Gasteiger partial charge < -0.3 is 15.4 Å². The van der Waals surface area contributed by atoms with Crippen molar-refractivity contribution < 1.29 is 19.1 Å². The van der Waals surface area contributed by atoms with E-state index in [2.05, 4.69) is 15.4 Å². The Morgan fingerprint density at radius 1 is 1.10 bits per heavy atom. The lowest BCUT2D eigenvalue weighted by Gasteiger charge is -2.07. The van der Waals surface area contributed by atoms with Crippen LogP contribution in [0.4, 0.5) is 5.69 Å². The van der Waals surface area contributed by atoms with Crippen molar-refractivity contribution >= 4 is 23.5 Å². The highest BCUT2D eigenvalue weighted by Gasteiger charge is 2.07. The predicted molar refractivity (Wildman–Crippen MR) is 74.3 cm³/mol. The first kappa shape index (κ1) is 15.7. The zero-order chi connectivity index (χ0) is 15.0. The summed E-state index contributed by atoms with van der Waals surface area (Å²) in [5, 5.41) is 5.14. The van der Waals surface area contributed by atoms with Crippen molar-refractivity contribution in [1.29, 1.82) is 0 Å². The number of methoxy groups -OCH3 is 1. The fourth-order valence-corrected chi connectivity index (χ4v) is 1.51. The topological polar surface area (TPSA) is 84.5 Å². The van der Waals surface area contributed by atoms with Crippen LogP contribution < -0.4 is 10.6 Å². The van der Waals surface area contributed by atoms with Crippen molar-refractivity contribution in [2.75, 3.05) is 19.0 Å². The van der Waals surface area contributed by atoms with E-state index in [-0.39, 0.29) is 18.4 Å². The normalized spacial score (nSPS) is 9.70. The van der Waals surface area contributed by atoms with E-state index in [1.807, 2.05) is 6.92 Å². The summed E-state index contributed by atoms with van der Waals surface area (Å²) in [6.45, 7) is 1.82. The van der Waals surface area contributed by atoms with Crippen LogP contribution in [0.15, 0.2) is 24.3 Å². The van der Waals surface area contributed by atoms with Crippen molar-refractivity contribution in [3.05, 3.63) is 29.8 Å². The lowest BCUT2D eigenvalue weighted by atomic mass is 10.2. The summed E-state index contributed by atoms with van der Waals surface area (Å²) in [5.74, 6) is -0.904. The Bertz CT molecular complexity index is 482. The van der Waals surface area contributed by atoms with Gasteiger partial charge in [0.2, 0.25) is 11.8 Å². The molecule has 0 spiro atoms. The molecule has 6 heteroatoms. The van der Waals surface area contributed by atoms with Gasteiger partial charge in [-0.05, 0) is 30.7 Å². The van der Waals surface area contributed by atoms with Crippen molar-refractivity contribution in [3.8, 4) is 0 Å². The minimum absolute atomic E-state index is 0.0718. The predicted octanol–water partition coefficient (Wildman–Crippen LogP) is 1.33. The Labute approximate surface area is 117 Å². The maximum atomic E-state index is 11.6. The summed E-state index contributed by atoms with van der Waals surface area (Å²) in [7, 11) is 1.30. The van der Waals surface area contributed by atoms with Gasteiger partial charge in [0.25, 0.3) is 0 Å². The Hall–Kier alpha value is -2.37. The molecule has 0 saturated heterocycles. The standard InChI is InChI=1S/C14H18N2O4/c1-3-4-12(17)15-9-13(18)16-11-7-5-10(6-8-11)14(19)20-2/h5-8H,3-4,9H2,1-2H3,(H,15,17)(H,16,18). The first-order valence-corrected chi connectivity index (χ1v) is 6.31. The highest BCUT2D eigenvalue weighted by molar-refractivity contribution is 5.95. The van der Waals surface area contributed by atoms with Gasteiger partial charge in [-0.1, -0.05) is 6.92 Å². The van der Waals surface area contributed by atoms with Crippen LogP contribution in [0.2, 0.25) is 0 Å². The first-order chi connectivity index (χ1) is 9.56. The third-order valence-corrected chi connectivity index (χ3v) is 2.51. The van der Waals surface area contributed by atoms with E-state index in [0.29, 0.717) is 17.7 Å². The third kappa shape index (κ3) is 5.09. The Morgan fingerprint density at radius 2 is 1.75 bits per heavy atom. The van der Waals surface area contributed by atoms with E-state index in [1.54, 1.807) is 24.3 Å². The molecule has 1 rings (SSSR count). The number of benzene rings is 1. The number of hydrogen-bond acceptors (Lipinski definition) is 4. The molecule has 1 aromatic rings. The van der Waals surface area contributed by atoms with Gasteiger partial charge in [-0.15, -0.1) is 0 Å². The molecule has 0 bridgehead atoms. The molecule has 0 atom stereocenters. The fraction of sp³-hybridized carbons (Fsp3) is 0.357. The second kappa shape index (κ2) is 7.93. The van der Waals surface area contributed by atoms with Crippen LogP contribution in [0.5, 0.6) is 0 Å². The lowest BCUT2D eigenvalue weighted by molar-refractivity contribution is -0.124. The number of carbonyl (C=O) groups is 3. The Morgan fingerprint density at radius 3 is 2.30 bits per heavy atom. The highest BCUT2D eigenvalue weighted by Crippen LogP contribution is 2.10. The monoisotopic (exact) mass is 278 g/mol. The van der Waals surface area contributed by atoms with Crippen molar-refractivity contribution in [2.45, 2.75) is 19.8 Å². The molecule has 0 aromatic heterocycles. The quantitative estimate of drug-likeness (QED) is 0.769. The van der Waals surface area contributed by atoms with Crippen molar-refractivity contribution in [3.63, 3.8) is 0 Å². The molecule has 0 unspecified atom stereocenters. The van der Waals surface area contributed by atoms with Gasteiger partial charge in [0.15, 0.2) is 0 Å². The second-order valence-corrected chi connectivity index (χ2v) is 4.14. The van der Waals surface area contributed by atoms with Crippen molar-refractivity contribution in [2.24, 2.45) is 0 Å². The van der Waals surface area contributed by atoms with Crippen LogP contribution in [0, 0.1) is 0 Å². The average Bonchev–Trinajstić information content (AvgIpc) is 2.45. The molecule has 6 nitrogen and oxygen atoms in total. The number of esters is 1. The van der Waals surface area contributed by atoms with Crippen LogP contribution in [0.3, 0.4) is 0 Å². The van der Waals surface area contributed by atoms with Gasteiger partial charge in [0.05, 0.1) is 19.2 Å². The van der Waals surface area contributed by atoms with Gasteiger partial charge in [-0.25, -0.2) is 4.79 Å². The van der Waals surface area contributed by atoms with Crippen LogP contribution in [-0.2, 0) is 14.3 Å². The van der Waals surface area contributed by atoms with Crippen LogP contribution in [0.1, 0.15) is 30.1 Å². The van der Waals surface area contributed by atoms with Gasteiger partial charge in [0, 0.05) is 12.1 Å². The zero-order valence-electron chi connectivity index (χ0n) is 11.6. The summed E-state index contributed by atoms with van der Waals surface area (Å²) in [6, 6.07) is 6.30. The minimum atomic E-state index is -0.435. The van der Waals surface area contributed by atoms with E-state index < -0.39 is 5.97 Å². The molecule has 0 heterocycles. The summed E-state index contributed by atoms with van der Waals surface area (Å²) in [4.78, 5) is 34.0. The molecule has 0 aliphatic heterocycles. The molecule has 0 aliphatic carbocycles. The molecule has 0 radical (unpaired) electrons. The number of anilines is 1. The third-order valence-electron chi connectivity index (χ3n) is 2.51. The molecule has 0 aliphatic rings. The van der Waals surface area contributed by atoms with Crippen LogP contribution in [0.25, 0.3) is 0 Å².